The molecule has 0 aromatic carbocycles. The highest BCUT2D eigenvalue weighted by Gasteiger charge is 1.94. The third-order valence-corrected chi connectivity index (χ3v) is 6.22. The summed E-state index contributed by atoms with van der Waals surface area (Å²) in [7, 11) is 0. The summed E-state index contributed by atoms with van der Waals surface area (Å²) in [5.74, 6) is 0. The van der Waals surface area contributed by atoms with Crippen LogP contribution < -0.4 is 0 Å². The second kappa shape index (κ2) is 28.7. The van der Waals surface area contributed by atoms with E-state index in [1.165, 1.54) is 141 Å². The molecule has 0 saturated heterocycles. The van der Waals surface area contributed by atoms with Crippen molar-refractivity contribution in [3.8, 4) is 0 Å². The predicted molar refractivity (Wildman–Crippen MR) is 134 cm³/mol. The zero-order valence-electron chi connectivity index (χ0n) is 20.4. The number of hydrogen-bond acceptors (Lipinski definition) is 2. The van der Waals surface area contributed by atoms with Crippen LogP contribution in [0.25, 0.3) is 0 Å². The van der Waals surface area contributed by atoms with Gasteiger partial charge in [-0.3, -0.25) is 0 Å². The maximum absolute atomic E-state index is 8.75. The fraction of sp³-hybridized carbons (Fsp3) is 0.929. The van der Waals surface area contributed by atoms with E-state index >= 15 is 0 Å². The summed E-state index contributed by atoms with van der Waals surface area (Å²) in [6.07, 6.45) is 36.8. The third-order valence-electron chi connectivity index (χ3n) is 6.22. The lowest BCUT2D eigenvalue weighted by Crippen LogP contribution is -1.85. The molecule has 0 rings (SSSR count). The van der Waals surface area contributed by atoms with Crippen molar-refractivity contribution in [3.63, 3.8) is 0 Å². The molecular weight excluding hydrogens is 368 g/mol. The van der Waals surface area contributed by atoms with Crippen molar-refractivity contribution in [2.75, 3.05) is 13.2 Å². The molecule has 0 unspecified atom stereocenters. The molecule has 2 nitrogen and oxygen atoms in total. The van der Waals surface area contributed by atoms with Crippen LogP contribution in [0, 0.1) is 0 Å². The van der Waals surface area contributed by atoms with Gasteiger partial charge in [0.05, 0.1) is 0 Å². The van der Waals surface area contributed by atoms with Gasteiger partial charge in [0.2, 0.25) is 0 Å². The van der Waals surface area contributed by atoms with Crippen LogP contribution in [-0.4, -0.2) is 23.4 Å². The Morgan fingerprint density at radius 1 is 0.267 bits per heavy atom. The van der Waals surface area contributed by atoms with Gasteiger partial charge in [-0.1, -0.05) is 128 Å². The quantitative estimate of drug-likeness (QED) is 0.107. The lowest BCUT2D eigenvalue weighted by Gasteiger charge is -2.03. The highest BCUT2D eigenvalue weighted by Crippen LogP contribution is 2.14. The molecule has 0 aromatic rings. The Morgan fingerprint density at radius 2 is 0.467 bits per heavy atom. The van der Waals surface area contributed by atoms with Gasteiger partial charge in [-0.25, -0.2) is 0 Å². The zero-order valence-corrected chi connectivity index (χ0v) is 20.4. The van der Waals surface area contributed by atoms with Crippen molar-refractivity contribution < 1.29 is 10.2 Å². The van der Waals surface area contributed by atoms with Gasteiger partial charge in [0.25, 0.3) is 0 Å². The molecule has 0 fully saturated rings. The summed E-state index contributed by atoms with van der Waals surface area (Å²) in [4.78, 5) is 0. The van der Waals surface area contributed by atoms with Gasteiger partial charge < -0.3 is 10.2 Å². The van der Waals surface area contributed by atoms with Gasteiger partial charge in [0, 0.05) is 13.2 Å². The van der Waals surface area contributed by atoms with Gasteiger partial charge in [-0.2, -0.15) is 0 Å². The third kappa shape index (κ3) is 27.7. The maximum Gasteiger partial charge on any atom is 0.0431 e. The Labute approximate surface area is 189 Å². The topological polar surface area (TPSA) is 40.5 Å². The van der Waals surface area contributed by atoms with Crippen molar-refractivity contribution in [1.29, 1.82) is 0 Å². The SMILES string of the molecule is OCCCCCCCCCCC=CCCCCCCCCCCCCCCCCO. The van der Waals surface area contributed by atoms with Gasteiger partial charge in [-0.15, -0.1) is 0 Å². The summed E-state index contributed by atoms with van der Waals surface area (Å²) in [6.45, 7) is 0.728. The Balaban J connectivity index is 3.05. The van der Waals surface area contributed by atoms with Crippen molar-refractivity contribution in [2.45, 2.75) is 154 Å². The fourth-order valence-corrected chi connectivity index (χ4v) is 4.17. The fourth-order valence-electron chi connectivity index (χ4n) is 4.17. The average molecular weight is 425 g/mol. The molecule has 0 aliphatic carbocycles. The molecule has 0 amide bonds. The zero-order chi connectivity index (χ0) is 21.8. The molecule has 0 aliphatic heterocycles. The van der Waals surface area contributed by atoms with Crippen molar-refractivity contribution in [1.82, 2.24) is 0 Å². The van der Waals surface area contributed by atoms with E-state index in [2.05, 4.69) is 12.2 Å². The Bertz CT molecular complexity index is 314. The lowest BCUT2D eigenvalue weighted by atomic mass is 10.0. The Morgan fingerprint density at radius 3 is 0.700 bits per heavy atom. The standard InChI is InChI=1S/C28H56O2/c29-27-25-23-21-19-17-15-13-11-9-7-5-3-1-2-4-6-8-10-12-14-16-18-20-22-24-26-28-30/h5,7,29-30H,1-4,6,8-28H2. The highest BCUT2D eigenvalue weighted by molar-refractivity contribution is 4.81. The Kier molecular flexibility index (Phi) is 28.3. The van der Waals surface area contributed by atoms with E-state index in [9.17, 15) is 0 Å². The van der Waals surface area contributed by atoms with Crippen molar-refractivity contribution in [3.05, 3.63) is 12.2 Å². The van der Waals surface area contributed by atoms with Crippen LogP contribution >= 0.6 is 0 Å². The normalized spacial score (nSPS) is 11.7. The van der Waals surface area contributed by atoms with Crippen LogP contribution in [0.2, 0.25) is 0 Å². The maximum atomic E-state index is 8.75. The number of aliphatic hydroxyl groups excluding tert-OH is 2. The highest BCUT2D eigenvalue weighted by atomic mass is 16.3. The second-order valence-electron chi connectivity index (χ2n) is 9.27. The number of unbranched alkanes of at least 4 members (excludes halogenated alkanes) is 22. The van der Waals surface area contributed by atoms with Crippen LogP contribution in [0.1, 0.15) is 154 Å². The number of allylic oxidation sites excluding steroid dienone is 2. The molecule has 0 aromatic heterocycles. The van der Waals surface area contributed by atoms with Gasteiger partial charge in [-0.05, 0) is 38.5 Å². The number of aliphatic hydroxyl groups is 2. The molecule has 30 heavy (non-hydrogen) atoms. The molecule has 0 atom stereocenters. The first-order chi connectivity index (χ1) is 14.9. The molecule has 2 heteroatoms. The minimum absolute atomic E-state index is 0.362. The van der Waals surface area contributed by atoms with Crippen LogP contribution in [-0.2, 0) is 0 Å². The van der Waals surface area contributed by atoms with E-state index in [1.54, 1.807) is 0 Å². The first-order valence-corrected chi connectivity index (χ1v) is 13.8. The average Bonchev–Trinajstić information content (AvgIpc) is 2.76. The van der Waals surface area contributed by atoms with Gasteiger partial charge in [0.15, 0.2) is 0 Å². The van der Waals surface area contributed by atoms with Crippen molar-refractivity contribution >= 4 is 0 Å². The number of hydrogen-bond donors (Lipinski definition) is 2. The van der Waals surface area contributed by atoms with E-state index in [1.807, 2.05) is 0 Å². The second-order valence-corrected chi connectivity index (χ2v) is 9.27. The number of rotatable bonds is 26. The molecule has 0 heterocycles. The largest absolute Gasteiger partial charge is 0.396 e. The van der Waals surface area contributed by atoms with E-state index < -0.39 is 0 Å². The summed E-state index contributed by atoms with van der Waals surface area (Å²) in [5, 5.41) is 17.5. The molecule has 0 bridgehead atoms. The van der Waals surface area contributed by atoms with E-state index in [4.69, 9.17) is 10.2 Å². The van der Waals surface area contributed by atoms with E-state index in [0.29, 0.717) is 13.2 Å². The summed E-state index contributed by atoms with van der Waals surface area (Å²) >= 11 is 0. The lowest BCUT2D eigenvalue weighted by molar-refractivity contribution is 0.282. The molecule has 0 saturated carbocycles. The predicted octanol–water partition coefficient (Wildman–Crippen LogP) is 8.89. The molecule has 0 spiro atoms. The molecular formula is C28H56O2. The molecule has 2 N–H and O–H groups in total. The van der Waals surface area contributed by atoms with Gasteiger partial charge in [0.1, 0.15) is 0 Å². The Hall–Kier alpha value is -0.340. The smallest absolute Gasteiger partial charge is 0.0431 e. The monoisotopic (exact) mass is 424 g/mol. The first-order valence-electron chi connectivity index (χ1n) is 13.8. The van der Waals surface area contributed by atoms with E-state index in [-0.39, 0.29) is 0 Å². The van der Waals surface area contributed by atoms with Crippen molar-refractivity contribution in [2.24, 2.45) is 0 Å². The minimum Gasteiger partial charge on any atom is -0.396 e. The van der Waals surface area contributed by atoms with E-state index in [0.717, 1.165) is 12.8 Å². The summed E-state index contributed by atoms with van der Waals surface area (Å²) in [5.41, 5.74) is 0. The van der Waals surface area contributed by atoms with Crippen LogP contribution in [0.4, 0.5) is 0 Å². The van der Waals surface area contributed by atoms with Crippen LogP contribution in [0.3, 0.4) is 0 Å². The minimum atomic E-state index is 0.362. The summed E-state index contributed by atoms with van der Waals surface area (Å²) in [6, 6.07) is 0. The first kappa shape index (κ1) is 29.7. The van der Waals surface area contributed by atoms with Crippen LogP contribution in [0.15, 0.2) is 12.2 Å². The summed E-state index contributed by atoms with van der Waals surface area (Å²) < 4.78 is 0. The molecule has 180 valence electrons. The van der Waals surface area contributed by atoms with Gasteiger partial charge >= 0.3 is 0 Å². The molecule has 0 radical (unpaired) electrons. The molecule has 0 aliphatic rings. The van der Waals surface area contributed by atoms with Crippen LogP contribution in [0.5, 0.6) is 0 Å².